The largest absolute Gasteiger partial charge is 0.489 e. The SMILES string of the molecule is CC(C)CCOCCOc1ccc(C(=O)O)cc1N. The Kier molecular flexibility index (Phi) is 6.15. The maximum atomic E-state index is 10.7. The van der Waals surface area contributed by atoms with E-state index in [1.54, 1.807) is 6.07 Å². The zero-order chi connectivity index (χ0) is 14.3. The monoisotopic (exact) mass is 267 g/mol. The smallest absolute Gasteiger partial charge is 0.335 e. The molecular formula is C14H21NO4. The maximum absolute atomic E-state index is 10.7. The molecule has 0 saturated carbocycles. The fourth-order valence-corrected chi connectivity index (χ4v) is 1.44. The molecule has 0 heterocycles. The van der Waals surface area contributed by atoms with Crippen molar-refractivity contribution >= 4 is 11.7 Å². The van der Waals surface area contributed by atoms with Crippen molar-refractivity contribution in [2.75, 3.05) is 25.6 Å². The first kappa shape index (κ1) is 15.3. The van der Waals surface area contributed by atoms with Crippen molar-refractivity contribution in [3.8, 4) is 5.75 Å². The van der Waals surface area contributed by atoms with Crippen LogP contribution in [0.4, 0.5) is 5.69 Å². The summed E-state index contributed by atoms with van der Waals surface area (Å²) in [5.41, 5.74) is 6.18. The van der Waals surface area contributed by atoms with Gasteiger partial charge in [-0.2, -0.15) is 0 Å². The predicted octanol–water partition coefficient (Wildman–Crippen LogP) is 2.41. The van der Waals surface area contributed by atoms with Gasteiger partial charge >= 0.3 is 5.97 Å². The number of anilines is 1. The van der Waals surface area contributed by atoms with Crippen LogP contribution >= 0.6 is 0 Å². The normalized spacial score (nSPS) is 10.7. The summed E-state index contributed by atoms with van der Waals surface area (Å²) in [6.07, 6.45) is 1.02. The number of carboxylic acid groups (broad SMARTS) is 1. The zero-order valence-corrected chi connectivity index (χ0v) is 11.4. The third-order valence-electron chi connectivity index (χ3n) is 2.58. The molecule has 1 aromatic rings. The van der Waals surface area contributed by atoms with Crippen molar-refractivity contribution in [1.82, 2.24) is 0 Å². The van der Waals surface area contributed by atoms with Gasteiger partial charge in [0.05, 0.1) is 17.9 Å². The van der Waals surface area contributed by atoms with E-state index in [2.05, 4.69) is 13.8 Å². The molecule has 0 radical (unpaired) electrons. The van der Waals surface area contributed by atoms with Gasteiger partial charge in [-0.15, -0.1) is 0 Å². The molecule has 1 aromatic carbocycles. The standard InChI is InChI=1S/C14H21NO4/c1-10(2)5-6-18-7-8-19-13-4-3-11(14(16)17)9-12(13)15/h3-4,9-10H,5-8,15H2,1-2H3,(H,16,17). The van der Waals surface area contributed by atoms with Crippen LogP contribution in [0.1, 0.15) is 30.6 Å². The van der Waals surface area contributed by atoms with Crippen LogP contribution in [-0.4, -0.2) is 30.9 Å². The van der Waals surface area contributed by atoms with E-state index in [0.29, 0.717) is 37.2 Å². The highest BCUT2D eigenvalue weighted by atomic mass is 16.5. The van der Waals surface area contributed by atoms with Crippen LogP contribution in [0.2, 0.25) is 0 Å². The Balaban J connectivity index is 2.32. The number of aromatic carboxylic acids is 1. The lowest BCUT2D eigenvalue weighted by Crippen LogP contribution is -2.10. The average Bonchev–Trinajstić information content (AvgIpc) is 2.34. The molecule has 5 heteroatoms. The lowest BCUT2D eigenvalue weighted by Gasteiger charge is -2.10. The summed E-state index contributed by atoms with van der Waals surface area (Å²) in [5, 5.41) is 8.80. The third kappa shape index (κ3) is 5.61. The summed E-state index contributed by atoms with van der Waals surface area (Å²) in [5.74, 6) is 0.104. The first-order valence-electron chi connectivity index (χ1n) is 6.34. The molecule has 1 rings (SSSR count). The minimum Gasteiger partial charge on any atom is -0.489 e. The van der Waals surface area contributed by atoms with E-state index in [1.165, 1.54) is 12.1 Å². The molecule has 0 aromatic heterocycles. The summed E-state index contributed by atoms with van der Waals surface area (Å²) in [6.45, 7) is 5.89. The van der Waals surface area contributed by atoms with Crippen molar-refractivity contribution in [2.45, 2.75) is 20.3 Å². The van der Waals surface area contributed by atoms with Gasteiger partial charge in [-0.1, -0.05) is 13.8 Å². The van der Waals surface area contributed by atoms with Gasteiger partial charge in [-0.05, 0) is 30.5 Å². The van der Waals surface area contributed by atoms with Gasteiger partial charge in [0.15, 0.2) is 0 Å². The van der Waals surface area contributed by atoms with E-state index in [9.17, 15) is 4.79 Å². The predicted molar refractivity (Wildman–Crippen MR) is 73.6 cm³/mol. The molecule has 5 nitrogen and oxygen atoms in total. The van der Waals surface area contributed by atoms with Crippen molar-refractivity contribution in [1.29, 1.82) is 0 Å². The van der Waals surface area contributed by atoms with Gasteiger partial charge in [-0.3, -0.25) is 0 Å². The molecule has 0 aliphatic heterocycles. The topological polar surface area (TPSA) is 81.8 Å². The highest BCUT2D eigenvalue weighted by Gasteiger charge is 2.06. The number of hydrogen-bond acceptors (Lipinski definition) is 4. The molecule has 0 unspecified atom stereocenters. The maximum Gasteiger partial charge on any atom is 0.335 e. The van der Waals surface area contributed by atoms with Gasteiger partial charge in [0, 0.05) is 6.61 Å². The Morgan fingerprint density at radius 2 is 2.05 bits per heavy atom. The summed E-state index contributed by atoms with van der Waals surface area (Å²) < 4.78 is 10.8. The summed E-state index contributed by atoms with van der Waals surface area (Å²) >= 11 is 0. The third-order valence-corrected chi connectivity index (χ3v) is 2.58. The fourth-order valence-electron chi connectivity index (χ4n) is 1.44. The number of hydrogen-bond donors (Lipinski definition) is 2. The number of nitrogens with two attached hydrogens (primary N) is 1. The molecule has 3 N–H and O–H groups in total. The number of nitrogen functional groups attached to an aromatic ring is 1. The quantitative estimate of drug-likeness (QED) is 0.558. The van der Waals surface area contributed by atoms with Crippen LogP contribution < -0.4 is 10.5 Å². The highest BCUT2D eigenvalue weighted by Crippen LogP contribution is 2.22. The van der Waals surface area contributed by atoms with E-state index in [4.69, 9.17) is 20.3 Å². The van der Waals surface area contributed by atoms with Gasteiger partial charge in [-0.25, -0.2) is 4.79 Å². The molecule has 0 aliphatic carbocycles. The second-order valence-corrected chi connectivity index (χ2v) is 4.70. The molecule has 0 amide bonds. The average molecular weight is 267 g/mol. The first-order valence-corrected chi connectivity index (χ1v) is 6.34. The van der Waals surface area contributed by atoms with Crippen molar-refractivity contribution in [3.63, 3.8) is 0 Å². The number of carboxylic acids is 1. The Morgan fingerprint density at radius 3 is 2.63 bits per heavy atom. The molecule has 106 valence electrons. The first-order chi connectivity index (χ1) is 9.00. The van der Waals surface area contributed by atoms with Crippen molar-refractivity contribution < 1.29 is 19.4 Å². The minimum atomic E-state index is -1.00. The molecule has 0 fully saturated rings. The molecule has 0 spiro atoms. The van der Waals surface area contributed by atoms with Crippen LogP contribution in [0.15, 0.2) is 18.2 Å². The van der Waals surface area contributed by atoms with Gasteiger partial charge in [0.25, 0.3) is 0 Å². The Labute approximate surface area is 113 Å². The number of carbonyl (C=O) groups is 1. The number of benzene rings is 1. The van der Waals surface area contributed by atoms with Crippen LogP contribution in [0.3, 0.4) is 0 Å². The lowest BCUT2D eigenvalue weighted by molar-refractivity contribution is 0.0696. The van der Waals surface area contributed by atoms with Crippen molar-refractivity contribution in [2.24, 2.45) is 5.92 Å². The Morgan fingerprint density at radius 1 is 1.32 bits per heavy atom. The van der Waals surface area contributed by atoms with E-state index in [0.717, 1.165) is 6.42 Å². The molecular weight excluding hydrogens is 246 g/mol. The molecule has 0 bridgehead atoms. The molecule has 0 atom stereocenters. The zero-order valence-electron chi connectivity index (χ0n) is 11.4. The van der Waals surface area contributed by atoms with Crippen molar-refractivity contribution in [3.05, 3.63) is 23.8 Å². The Hall–Kier alpha value is -1.75. The molecule has 0 saturated heterocycles. The van der Waals surface area contributed by atoms with Crippen LogP contribution in [-0.2, 0) is 4.74 Å². The minimum absolute atomic E-state index is 0.151. The second-order valence-electron chi connectivity index (χ2n) is 4.70. The van der Waals surface area contributed by atoms with Gasteiger partial charge in [0.2, 0.25) is 0 Å². The summed E-state index contributed by atoms with van der Waals surface area (Å²) in [6, 6.07) is 4.41. The van der Waals surface area contributed by atoms with E-state index in [1.807, 2.05) is 0 Å². The van der Waals surface area contributed by atoms with E-state index < -0.39 is 5.97 Å². The molecule has 19 heavy (non-hydrogen) atoms. The summed E-state index contributed by atoms with van der Waals surface area (Å²) in [7, 11) is 0. The van der Waals surface area contributed by atoms with Crippen LogP contribution in [0.5, 0.6) is 5.75 Å². The van der Waals surface area contributed by atoms with Gasteiger partial charge < -0.3 is 20.3 Å². The lowest BCUT2D eigenvalue weighted by atomic mass is 10.1. The highest BCUT2D eigenvalue weighted by molar-refractivity contribution is 5.89. The van der Waals surface area contributed by atoms with Gasteiger partial charge in [0.1, 0.15) is 12.4 Å². The summed E-state index contributed by atoms with van der Waals surface area (Å²) in [4.78, 5) is 10.7. The number of ether oxygens (including phenoxy) is 2. The Bertz CT molecular complexity index is 418. The van der Waals surface area contributed by atoms with Crippen LogP contribution in [0, 0.1) is 5.92 Å². The second kappa shape index (κ2) is 7.63. The fraction of sp³-hybridized carbons (Fsp3) is 0.500. The number of rotatable bonds is 8. The van der Waals surface area contributed by atoms with E-state index in [-0.39, 0.29) is 5.56 Å². The van der Waals surface area contributed by atoms with Crippen LogP contribution in [0.25, 0.3) is 0 Å². The van der Waals surface area contributed by atoms with E-state index >= 15 is 0 Å². The molecule has 0 aliphatic rings.